The predicted molar refractivity (Wildman–Crippen MR) is 116 cm³/mol. The third-order valence-electron chi connectivity index (χ3n) is 3.92. The first-order valence-electron chi connectivity index (χ1n) is 8.51. The van der Waals surface area contributed by atoms with Crippen LogP contribution in [0.15, 0.2) is 59.5 Å². The van der Waals surface area contributed by atoms with Gasteiger partial charge in [0.25, 0.3) is 10.0 Å². The number of aromatic nitrogens is 1. The van der Waals surface area contributed by atoms with E-state index in [4.69, 9.17) is 39.5 Å². The van der Waals surface area contributed by atoms with Gasteiger partial charge in [-0.1, -0.05) is 53.0 Å². The number of hydrogen-bond acceptors (Lipinski definition) is 4. The zero-order chi connectivity index (χ0) is 21.0. The number of anilines is 1. The van der Waals surface area contributed by atoms with Crippen LogP contribution in [0.2, 0.25) is 15.1 Å². The molecule has 3 rings (SSSR count). The summed E-state index contributed by atoms with van der Waals surface area (Å²) in [6.07, 6.45) is 0. The molecule has 1 aromatic heterocycles. The van der Waals surface area contributed by atoms with Gasteiger partial charge < -0.3 is 4.74 Å². The van der Waals surface area contributed by atoms with Crippen molar-refractivity contribution < 1.29 is 13.2 Å². The van der Waals surface area contributed by atoms with Crippen molar-refractivity contribution in [3.63, 3.8) is 0 Å². The van der Waals surface area contributed by atoms with Gasteiger partial charge >= 0.3 is 0 Å². The predicted octanol–water partition coefficient (Wildman–Crippen LogP) is 5.87. The summed E-state index contributed by atoms with van der Waals surface area (Å²) in [6.45, 7) is 2.19. The minimum absolute atomic E-state index is 0.0343. The average molecular weight is 472 g/mol. The van der Waals surface area contributed by atoms with Gasteiger partial charge in [-0.05, 0) is 54.4 Å². The van der Waals surface area contributed by atoms with Crippen molar-refractivity contribution >= 4 is 50.6 Å². The third-order valence-corrected chi connectivity index (χ3v) is 6.34. The van der Waals surface area contributed by atoms with E-state index in [1.54, 1.807) is 31.2 Å². The van der Waals surface area contributed by atoms with Crippen molar-refractivity contribution in [2.45, 2.75) is 25.0 Å². The first kappa shape index (κ1) is 21.9. The van der Waals surface area contributed by atoms with Gasteiger partial charge in [-0.2, -0.15) is 0 Å². The van der Waals surface area contributed by atoms with Crippen LogP contribution in [-0.2, 0) is 28.0 Å². The van der Waals surface area contributed by atoms with Crippen LogP contribution in [0, 0.1) is 6.92 Å². The SMILES string of the molecule is Cc1cc(Cl)cc(Cl)c1S(=O)(=O)Nc1cccc(COCc2cccc(Cl)c2)n1. The third kappa shape index (κ3) is 5.84. The monoisotopic (exact) mass is 470 g/mol. The number of pyridine rings is 1. The van der Waals surface area contributed by atoms with Crippen LogP contribution < -0.4 is 4.72 Å². The summed E-state index contributed by atoms with van der Waals surface area (Å²) in [5, 5.41) is 1.05. The van der Waals surface area contributed by atoms with Crippen LogP contribution in [0.5, 0.6) is 0 Å². The minimum Gasteiger partial charge on any atom is -0.370 e. The molecule has 9 heteroatoms. The smallest absolute Gasteiger partial charge is 0.264 e. The van der Waals surface area contributed by atoms with E-state index in [0.717, 1.165) is 5.56 Å². The molecule has 1 heterocycles. The number of halogens is 3. The Morgan fingerprint density at radius 1 is 0.966 bits per heavy atom. The molecule has 0 amide bonds. The first-order valence-corrected chi connectivity index (χ1v) is 11.1. The summed E-state index contributed by atoms with van der Waals surface area (Å²) in [5.74, 6) is 0.166. The highest BCUT2D eigenvalue weighted by Gasteiger charge is 2.22. The van der Waals surface area contributed by atoms with E-state index in [1.165, 1.54) is 12.1 Å². The Morgan fingerprint density at radius 2 is 1.72 bits per heavy atom. The van der Waals surface area contributed by atoms with Crippen molar-refractivity contribution in [2.75, 3.05) is 4.72 Å². The molecule has 29 heavy (non-hydrogen) atoms. The Balaban J connectivity index is 1.71. The number of rotatable bonds is 7. The normalized spacial score (nSPS) is 11.4. The second-order valence-electron chi connectivity index (χ2n) is 6.28. The van der Waals surface area contributed by atoms with E-state index in [2.05, 4.69) is 9.71 Å². The maximum absolute atomic E-state index is 12.8. The van der Waals surface area contributed by atoms with E-state index in [9.17, 15) is 8.42 Å². The van der Waals surface area contributed by atoms with E-state index in [-0.39, 0.29) is 22.3 Å². The number of nitrogens with one attached hydrogen (secondary N) is 1. The quantitative estimate of drug-likeness (QED) is 0.468. The fourth-order valence-electron chi connectivity index (χ4n) is 2.74. The number of sulfonamides is 1. The zero-order valence-electron chi connectivity index (χ0n) is 15.3. The van der Waals surface area contributed by atoms with Crippen LogP contribution >= 0.6 is 34.8 Å². The van der Waals surface area contributed by atoms with Gasteiger partial charge in [0, 0.05) is 10.0 Å². The summed E-state index contributed by atoms with van der Waals surface area (Å²) in [7, 11) is -3.94. The largest absolute Gasteiger partial charge is 0.370 e. The van der Waals surface area contributed by atoms with Crippen LogP contribution in [-0.4, -0.2) is 13.4 Å². The molecule has 0 bridgehead atoms. The van der Waals surface area contributed by atoms with Crippen molar-refractivity contribution in [1.82, 2.24) is 4.98 Å². The molecular formula is C20H17Cl3N2O3S. The van der Waals surface area contributed by atoms with Crippen LogP contribution in [0.3, 0.4) is 0 Å². The number of benzene rings is 2. The Hall–Kier alpha value is -1.83. The van der Waals surface area contributed by atoms with Gasteiger partial charge in [0.2, 0.25) is 0 Å². The fraction of sp³-hybridized carbons (Fsp3) is 0.150. The summed E-state index contributed by atoms with van der Waals surface area (Å²) in [5.41, 5.74) is 1.95. The molecule has 5 nitrogen and oxygen atoms in total. The van der Waals surface area contributed by atoms with Gasteiger partial charge in [-0.15, -0.1) is 0 Å². The molecule has 2 aromatic carbocycles. The van der Waals surface area contributed by atoms with Crippen LogP contribution in [0.1, 0.15) is 16.8 Å². The zero-order valence-corrected chi connectivity index (χ0v) is 18.4. The lowest BCUT2D eigenvalue weighted by Gasteiger charge is -2.12. The van der Waals surface area contributed by atoms with Crippen LogP contribution in [0.25, 0.3) is 0 Å². The highest BCUT2D eigenvalue weighted by atomic mass is 35.5. The standard InChI is InChI=1S/C20H17Cl3N2O3S/c1-13-8-16(22)10-18(23)20(13)29(26,27)25-19-7-3-6-17(24-19)12-28-11-14-4-2-5-15(21)9-14/h2-10H,11-12H2,1H3,(H,24,25). The second kappa shape index (κ2) is 9.32. The van der Waals surface area contributed by atoms with Gasteiger partial charge in [-0.3, -0.25) is 4.72 Å². The Kier molecular flexibility index (Phi) is 7.03. The molecule has 0 saturated carbocycles. The lowest BCUT2D eigenvalue weighted by atomic mass is 10.2. The topological polar surface area (TPSA) is 68.3 Å². The minimum atomic E-state index is -3.94. The van der Waals surface area contributed by atoms with E-state index in [0.29, 0.717) is 27.9 Å². The number of nitrogens with zero attached hydrogens (tertiary/aromatic N) is 1. The summed E-state index contributed by atoms with van der Waals surface area (Å²) in [6, 6.07) is 15.3. The van der Waals surface area contributed by atoms with Crippen LogP contribution in [0.4, 0.5) is 5.82 Å². The van der Waals surface area contributed by atoms with Crippen molar-refractivity contribution in [3.8, 4) is 0 Å². The first-order chi connectivity index (χ1) is 13.7. The lowest BCUT2D eigenvalue weighted by Crippen LogP contribution is -2.16. The Labute approximate surface area is 184 Å². The fourth-order valence-corrected chi connectivity index (χ4v) is 5.14. The summed E-state index contributed by atoms with van der Waals surface area (Å²) < 4.78 is 33.6. The second-order valence-corrected chi connectivity index (χ2v) is 9.18. The molecule has 1 N–H and O–H groups in total. The molecule has 0 saturated heterocycles. The molecule has 0 spiro atoms. The van der Waals surface area contributed by atoms with Gasteiger partial charge in [0.15, 0.2) is 0 Å². The number of ether oxygens (including phenoxy) is 1. The van der Waals surface area contributed by atoms with Crippen molar-refractivity contribution in [3.05, 3.63) is 86.5 Å². The van der Waals surface area contributed by atoms with E-state index in [1.807, 2.05) is 18.2 Å². The van der Waals surface area contributed by atoms with Gasteiger partial charge in [-0.25, -0.2) is 13.4 Å². The lowest BCUT2D eigenvalue weighted by molar-refractivity contribution is 0.104. The molecule has 0 unspecified atom stereocenters. The van der Waals surface area contributed by atoms with Gasteiger partial charge in [0.05, 0.1) is 23.9 Å². The number of hydrogen-bond donors (Lipinski definition) is 1. The molecule has 0 atom stereocenters. The maximum Gasteiger partial charge on any atom is 0.264 e. The Morgan fingerprint density at radius 3 is 2.45 bits per heavy atom. The summed E-state index contributed by atoms with van der Waals surface area (Å²) in [4.78, 5) is 4.26. The molecular weight excluding hydrogens is 455 g/mol. The summed E-state index contributed by atoms with van der Waals surface area (Å²) >= 11 is 18.0. The maximum atomic E-state index is 12.8. The van der Waals surface area contributed by atoms with Crippen molar-refractivity contribution in [2.24, 2.45) is 0 Å². The van der Waals surface area contributed by atoms with Gasteiger partial charge in [0.1, 0.15) is 10.7 Å². The highest BCUT2D eigenvalue weighted by Crippen LogP contribution is 2.30. The van der Waals surface area contributed by atoms with E-state index < -0.39 is 10.0 Å². The molecule has 152 valence electrons. The molecule has 0 aliphatic rings. The number of aryl methyl sites for hydroxylation is 1. The Bertz CT molecular complexity index is 1110. The molecule has 0 aliphatic heterocycles. The molecule has 3 aromatic rings. The molecule has 0 radical (unpaired) electrons. The molecule has 0 fully saturated rings. The highest BCUT2D eigenvalue weighted by molar-refractivity contribution is 7.92. The van der Waals surface area contributed by atoms with Crippen molar-refractivity contribution in [1.29, 1.82) is 0 Å². The average Bonchev–Trinajstić information content (AvgIpc) is 2.60. The molecule has 0 aliphatic carbocycles. The van der Waals surface area contributed by atoms with E-state index >= 15 is 0 Å².